The van der Waals surface area contributed by atoms with Crippen molar-refractivity contribution in [2.45, 2.75) is 24.8 Å². The highest BCUT2D eigenvalue weighted by molar-refractivity contribution is 6.31. The fourth-order valence-electron chi connectivity index (χ4n) is 2.62. The van der Waals surface area contributed by atoms with Crippen LogP contribution in [0.15, 0.2) is 35.0 Å². The summed E-state index contributed by atoms with van der Waals surface area (Å²) in [5.74, 6) is -0.933. The first-order chi connectivity index (χ1) is 12.5. The molecule has 1 aromatic carbocycles. The summed E-state index contributed by atoms with van der Waals surface area (Å²) in [5, 5.41) is 10.3. The van der Waals surface area contributed by atoms with Gasteiger partial charge >= 0.3 is 6.43 Å². The maximum absolute atomic E-state index is 13.2. The van der Waals surface area contributed by atoms with Crippen LogP contribution in [0.4, 0.5) is 19.1 Å². The number of benzene rings is 1. The molecule has 1 N–H and O–H groups in total. The largest absolute Gasteiger partial charge is 0.415 e. The minimum Gasteiger partial charge on any atom is -0.415 e. The van der Waals surface area contributed by atoms with Gasteiger partial charge in [0.05, 0.1) is 11.1 Å². The van der Waals surface area contributed by atoms with Gasteiger partial charge in [-0.3, -0.25) is 0 Å². The predicted octanol–water partition coefficient (Wildman–Crippen LogP) is 4.36. The molecule has 1 aliphatic rings. The van der Waals surface area contributed by atoms with Crippen molar-refractivity contribution < 1.29 is 17.6 Å². The van der Waals surface area contributed by atoms with E-state index in [2.05, 4.69) is 25.5 Å². The van der Waals surface area contributed by atoms with Crippen molar-refractivity contribution >= 4 is 17.5 Å². The van der Waals surface area contributed by atoms with Crippen LogP contribution in [0.2, 0.25) is 5.02 Å². The summed E-state index contributed by atoms with van der Waals surface area (Å²) in [6, 6.07) is 4.25. The zero-order valence-electron chi connectivity index (χ0n) is 13.1. The topological polar surface area (TPSA) is 76.7 Å². The van der Waals surface area contributed by atoms with Gasteiger partial charge in [-0.05, 0) is 30.5 Å². The Hall–Kier alpha value is -2.68. The van der Waals surface area contributed by atoms with Crippen LogP contribution in [-0.4, -0.2) is 20.2 Å². The molecule has 0 saturated heterocycles. The summed E-state index contributed by atoms with van der Waals surface area (Å²) in [7, 11) is 0. The molecule has 0 spiro atoms. The maximum Gasteiger partial charge on any atom is 0.314 e. The Morgan fingerprint density at radius 2 is 1.88 bits per heavy atom. The lowest BCUT2D eigenvalue weighted by atomic mass is 10.0. The maximum atomic E-state index is 13.2. The molecule has 0 radical (unpaired) electrons. The fourth-order valence-corrected chi connectivity index (χ4v) is 2.97. The molecule has 26 heavy (non-hydrogen) atoms. The van der Waals surface area contributed by atoms with Crippen molar-refractivity contribution in [3.8, 4) is 11.5 Å². The number of halogens is 4. The molecule has 1 fully saturated rings. The highest BCUT2D eigenvalue weighted by atomic mass is 35.5. The first-order valence-electron chi connectivity index (χ1n) is 7.64. The number of rotatable bonds is 5. The van der Waals surface area contributed by atoms with E-state index >= 15 is 0 Å². The van der Waals surface area contributed by atoms with E-state index in [1.165, 1.54) is 24.5 Å². The van der Waals surface area contributed by atoms with Crippen molar-refractivity contribution in [2.24, 2.45) is 0 Å². The van der Waals surface area contributed by atoms with Crippen LogP contribution in [0.5, 0.6) is 0 Å². The van der Waals surface area contributed by atoms with Gasteiger partial charge in [0.2, 0.25) is 5.95 Å². The predicted molar refractivity (Wildman–Crippen MR) is 86.2 cm³/mol. The molecule has 2 heterocycles. The Bertz CT molecular complexity index is 943. The second-order valence-corrected chi connectivity index (χ2v) is 6.28. The molecule has 0 amide bonds. The lowest BCUT2D eigenvalue weighted by Gasteiger charge is -2.19. The van der Waals surface area contributed by atoms with Gasteiger partial charge in [-0.25, -0.2) is 14.4 Å². The minimum atomic E-state index is -2.84. The minimum absolute atomic E-state index is 0.0884. The number of nitrogens with one attached hydrogen (secondary N) is 1. The van der Waals surface area contributed by atoms with E-state index in [1.807, 2.05) is 0 Å². The van der Waals surface area contributed by atoms with Crippen LogP contribution in [0.1, 0.15) is 30.7 Å². The van der Waals surface area contributed by atoms with Crippen LogP contribution >= 0.6 is 11.6 Å². The molecular formula is C16H11ClF3N5O. The molecular weight excluding hydrogens is 371 g/mol. The molecule has 0 bridgehead atoms. The molecule has 6 nitrogen and oxygen atoms in total. The van der Waals surface area contributed by atoms with Crippen LogP contribution in [-0.2, 0) is 5.54 Å². The second kappa shape index (κ2) is 6.24. The molecule has 1 aliphatic carbocycles. The van der Waals surface area contributed by atoms with E-state index in [1.54, 1.807) is 6.07 Å². The van der Waals surface area contributed by atoms with Gasteiger partial charge in [-0.1, -0.05) is 17.7 Å². The molecule has 4 rings (SSSR count). The zero-order valence-corrected chi connectivity index (χ0v) is 13.8. The molecule has 0 aliphatic heterocycles. The highest BCUT2D eigenvalue weighted by Crippen LogP contribution is 2.50. The smallest absolute Gasteiger partial charge is 0.314 e. The summed E-state index contributed by atoms with van der Waals surface area (Å²) >= 11 is 6.14. The molecule has 1 saturated carbocycles. The third-order valence-electron chi connectivity index (χ3n) is 4.07. The standard InChI is InChI=1S/C16H11ClF3N5O/c17-11-5-9(18)1-2-10(11)16(3-4-16)23-15-21-6-8(7-22-15)13-24-25-14(26-13)12(19)20/h1-2,5-7,12H,3-4H2,(H,21,22,23). The average molecular weight is 382 g/mol. The van der Waals surface area contributed by atoms with Crippen molar-refractivity contribution in [1.82, 2.24) is 20.2 Å². The van der Waals surface area contributed by atoms with E-state index in [0.29, 0.717) is 16.5 Å². The lowest BCUT2D eigenvalue weighted by Crippen LogP contribution is -2.20. The van der Waals surface area contributed by atoms with Crippen LogP contribution in [0, 0.1) is 5.82 Å². The third kappa shape index (κ3) is 3.10. The monoisotopic (exact) mass is 381 g/mol. The van der Waals surface area contributed by atoms with Gasteiger partial charge in [0.1, 0.15) is 5.82 Å². The van der Waals surface area contributed by atoms with E-state index in [-0.39, 0.29) is 5.89 Å². The second-order valence-electron chi connectivity index (χ2n) is 5.87. The number of alkyl halides is 2. The van der Waals surface area contributed by atoms with Gasteiger partial charge in [-0.15, -0.1) is 10.2 Å². The summed E-state index contributed by atoms with van der Waals surface area (Å²) in [5.41, 5.74) is 0.644. The normalized spacial score (nSPS) is 15.3. The number of anilines is 1. The number of aromatic nitrogens is 4. The van der Waals surface area contributed by atoms with Crippen molar-refractivity contribution in [1.29, 1.82) is 0 Å². The SMILES string of the molecule is Fc1ccc(C2(Nc3ncc(-c4nnc(C(F)F)o4)cn3)CC2)c(Cl)c1. The van der Waals surface area contributed by atoms with Gasteiger partial charge in [0.15, 0.2) is 0 Å². The van der Waals surface area contributed by atoms with Crippen molar-refractivity contribution in [3.05, 3.63) is 52.9 Å². The molecule has 10 heteroatoms. The quantitative estimate of drug-likeness (QED) is 0.707. The average Bonchev–Trinajstić information content (AvgIpc) is 3.19. The lowest BCUT2D eigenvalue weighted by molar-refractivity contribution is 0.116. The first kappa shape index (κ1) is 16.8. The van der Waals surface area contributed by atoms with Crippen LogP contribution in [0.3, 0.4) is 0 Å². The van der Waals surface area contributed by atoms with E-state index < -0.39 is 23.7 Å². The summed E-state index contributed by atoms with van der Waals surface area (Å²) in [6.07, 6.45) is 1.53. The van der Waals surface area contributed by atoms with Gasteiger partial charge in [-0.2, -0.15) is 8.78 Å². The Morgan fingerprint density at radius 3 is 2.46 bits per heavy atom. The van der Waals surface area contributed by atoms with Crippen molar-refractivity contribution in [3.63, 3.8) is 0 Å². The fraction of sp³-hybridized carbons (Fsp3) is 0.250. The summed E-state index contributed by atoms with van der Waals surface area (Å²) < 4.78 is 43.1. The first-order valence-corrected chi connectivity index (χ1v) is 8.02. The van der Waals surface area contributed by atoms with Gasteiger partial charge in [0.25, 0.3) is 11.8 Å². The Labute approximate surface area is 150 Å². The molecule has 2 aromatic heterocycles. The summed E-state index contributed by atoms with van der Waals surface area (Å²) in [6.45, 7) is 0. The molecule has 0 atom stereocenters. The highest BCUT2D eigenvalue weighted by Gasteiger charge is 2.46. The number of hydrogen-bond acceptors (Lipinski definition) is 6. The van der Waals surface area contributed by atoms with Crippen LogP contribution in [0.25, 0.3) is 11.5 Å². The van der Waals surface area contributed by atoms with Crippen LogP contribution < -0.4 is 5.32 Å². The third-order valence-corrected chi connectivity index (χ3v) is 4.39. The molecule has 0 unspecified atom stereocenters. The number of hydrogen-bond donors (Lipinski definition) is 1. The zero-order chi connectivity index (χ0) is 18.3. The summed E-state index contributed by atoms with van der Waals surface area (Å²) in [4.78, 5) is 8.30. The van der Waals surface area contributed by atoms with Crippen molar-refractivity contribution in [2.75, 3.05) is 5.32 Å². The van der Waals surface area contributed by atoms with Gasteiger partial charge < -0.3 is 9.73 Å². The number of nitrogens with zero attached hydrogens (tertiary/aromatic N) is 4. The molecule has 3 aromatic rings. The molecule has 134 valence electrons. The van der Waals surface area contributed by atoms with E-state index in [0.717, 1.165) is 18.4 Å². The van der Waals surface area contributed by atoms with Gasteiger partial charge in [0, 0.05) is 17.4 Å². The Kier molecular flexibility index (Phi) is 4.03. The van der Waals surface area contributed by atoms with E-state index in [9.17, 15) is 13.2 Å². The van der Waals surface area contributed by atoms with E-state index in [4.69, 9.17) is 16.0 Å². The Morgan fingerprint density at radius 1 is 1.15 bits per heavy atom. The Balaban J connectivity index is 1.54.